The van der Waals surface area contributed by atoms with Gasteiger partial charge in [-0.05, 0) is 405 Å². The summed E-state index contributed by atoms with van der Waals surface area (Å²) in [6, 6.07) is 30.6. The van der Waals surface area contributed by atoms with Crippen LogP contribution in [-0.2, 0) is 21.7 Å². The first-order chi connectivity index (χ1) is 70.9. The second-order valence-electron chi connectivity index (χ2n) is 58.9. The van der Waals surface area contributed by atoms with Crippen LogP contribution in [0.25, 0.3) is 22.3 Å². The molecule has 0 radical (unpaired) electrons. The van der Waals surface area contributed by atoms with E-state index in [1.165, 1.54) is 289 Å². The molecule has 4 aromatic rings. The van der Waals surface area contributed by atoms with E-state index < -0.39 is 32.9 Å². The van der Waals surface area contributed by atoms with Gasteiger partial charge in [-0.25, -0.2) is 0 Å². The fraction of sp³-hybridized carbons (Fsp3) is 0.710. The molecule has 4 aromatic carbocycles. The molecule has 0 saturated heterocycles. The molecule has 150 heavy (non-hydrogen) atoms. The Labute approximate surface area is 923 Å². The third-order valence-electron chi connectivity index (χ3n) is 43.2. The van der Waals surface area contributed by atoms with Crippen LogP contribution in [0.15, 0.2) is 144 Å². The molecule has 8 fully saturated rings. The molecule has 14 atom stereocenters. The molecule has 0 amide bonds. The Morgan fingerprint density at radius 1 is 0.287 bits per heavy atom. The van der Waals surface area contributed by atoms with Crippen LogP contribution in [0.5, 0.6) is 23.0 Å². The summed E-state index contributed by atoms with van der Waals surface area (Å²) >= 11 is 0. The van der Waals surface area contributed by atoms with E-state index in [1.807, 2.05) is 14.2 Å². The molecule has 12 heteroatoms. The lowest BCUT2D eigenvalue weighted by molar-refractivity contribution is 0.138. The number of methoxy groups -OCH3 is 4. The van der Waals surface area contributed by atoms with Crippen LogP contribution in [-0.4, -0.2) is 126 Å². The van der Waals surface area contributed by atoms with Crippen LogP contribution in [0.1, 0.15) is 441 Å². The summed E-state index contributed by atoms with van der Waals surface area (Å²) in [5.41, 5.74) is 29.3. The van der Waals surface area contributed by atoms with Crippen LogP contribution < -0.4 is 18.9 Å². The molecule has 16 aliphatic rings. The largest absolute Gasteiger partial charge is 0.497 e. The van der Waals surface area contributed by atoms with E-state index in [4.69, 9.17) is 18.9 Å². The fourth-order valence-electron chi connectivity index (χ4n) is 38.5. The lowest BCUT2D eigenvalue weighted by atomic mass is 9.68. The number of rotatable bonds is 28. The Balaban J connectivity index is 0.000000136. The molecule has 0 aromatic heterocycles. The quantitative estimate of drug-likeness (QED) is 0.0522. The van der Waals surface area contributed by atoms with Gasteiger partial charge in [0.1, 0.15) is 55.9 Å². The van der Waals surface area contributed by atoms with Crippen molar-refractivity contribution < 1.29 is 18.9 Å². The number of fused-ring (bicyclic) bond motifs is 16. The number of benzene rings is 4. The van der Waals surface area contributed by atoms with Crippen molar-refractivity contribution in [2.75, 3.05) is 28.4 Å². The second-order valence-corrected chi connectivity index (χ2v) is 76.8. The Bertz CT molecular complexity index is 5630. The molecular formula is C138H216N4O4Si4. The van der Waals surface area contributed by atoms with Crippen molar-refractivity contribution >= 4 is 55.2 Å². The highest BCUT2D eigenvalue weighted by atomic mass is 28.3. The molecule has 8 saturated carbocycles. The maximum absolute atomic E-state index is 5.82. The Kier molecular flexibility index (Phi) is 34.8. The maximum atomic E-state index is 5.82. The lowest BCUT2D eigenvalue weighted by Gasteiger charge is -2.56. The zero-order chi connectivity index (χ0) is 108. The number of nitrogens with zero attached hydrogens (tertiary/aromatic N) is 4. The third kappa shape index (κ3) is 21.5. The average Bonchev–Trinajstić information content (AvgIpc) is 1.54. The van der Waals surface area contributed by atoms with Crippen LogP contribution in [0, 0.1) is 59.2 Å². The van der Waals surface area contributed by atoms with Crippen molar-refractivity contribution in [2.45, 2.75) is 539 Å². The Hall–Kier alpha value is -5.29. The SMILES string of the molecule is CCCCC1(CCCC)C2=CC3C(C=C2c2ccc(OC)cc21)CC(C)C3[Si](C)(C)N(C1CCCCC1)C(C)(C)C.CCCCC1(CCCC)C2=CC3C(C=C2c2ccc(OC)cc21)CCC3[Si](C)(C)N(C1CCCCC1)C(C)(C)C.COc1ccc2c(c1)C(C)(C)C1=CC3C(C=C12)CC(C)C3[Si](C)(C)N(C1CCCCC1)C(C)(C)C.COc1ccc2c(c1)C(C)(C)C1=CC3C(C=C12)CCC3[Si](C)(C)N(C1CCCCC1)C(C)(C)C. The van der Waals surface area contributed by atoms with Gasteiger partial charge in [-0.1, -0.05) is 336 Å². The number of hydrogen-bond acceptors (Lipinski definition) is 8. The third-order valence-corrected chi connectivity index (χ3v) is 62.5. The van der Waals surface area contributed by atoms with Crippen molar-refractivity contribution in [3.8, 4) is 23.0 Å². The zero-order valence-electron chi connectivity index (χ0n) is 102. The minimum Gasteiger partial charge on any atom is -0.497 e. The molecule has 20 rings (SSSR count). The monoisotopic (exact) mass is 2110 g/mol. The first kappa shape index (κ1) is 116. The highest BCUT2D eigenvalue weighted by molar-refractivity contribution is 6.78. The maximum Gasteiger partial charge on any atom is 0.127 e. The van der Waals surface area contributed by atoms with Gasteiger partial charge in [0.25, 0.3) is 0 Å². The van der Waals surface area contributed by atoms with Crippen LogP contribution >= 0.6 is 0 Å². The van der Waals surface area contributed by atoms with Gasteiger partial charge >= 0.3 is 0 Å². The standard InChI is InChI=1S/C38H61NOSi.C37H59NOSi.C32H49NOSi.C31H47NOSi/c1-10-12-21-38(22-13-11-2)34-25-30(40-7)19-20-31(34)33-24-28-23-27(3)36(32(28)26-35(33)38)41(8,9)39(37(4,5)6)29-17-15-14-16-18-29;1-9-11-22-37(23-12-10-2)33-25-29(39-6)19-20-30(33)32-24-27-18-21-35(31(27)26-34(32)37)40(7,8)38(36(3,4)5)28-16-14-13-15-17-28;1-21-17-22-18-27-25-16-15-24(34-7)19-28(25)32(5,6)29(27)20-26(22)30(21)35(8,9)33(31(2,3)4)23-13-11-10-12-14-23;1-30(2,3)32(22-12-10-9-11-13-22)34(7,8)29-17-14-21-18-26-24-16-15-23(33-6)19-27(24)31(4,5)28(26)20-25(21)29/h19-20,24-29,32,36H,10-18,21-23H2,1-9H3;19-20,24-28,31,35H,9-18,21-23H2,1-8H3;15-16,18-23,26,30H,10-14,17H2,1-9H3;15-16,18-22,25,29H,9-14,17H2,1-8H3. The molecule has 0 aliphatic heterocycles. The molecule has 0 N–H and O–H groups in total. The number of hydrogen-bond donors (Lipinski definition) is 0. The second kappa shape index (κ2) is 45.1. The van der Waals surface area contributed by atoms with Gasteiger partial charge in [0.15, 0.2) is 0 Å². The van der Waals surface area contributed by atoms with E-state index in [0.717, 1.165) is 81.2 Å². The van der Waals surface area contributed by atoms with Crippen LogP contribution in [0.4, 0.5) is 0 Å². The summed E-state index contributed by atoms with van der Waals surface area (Å²) in [6.45, 7) is 76.4. The lowest BCUT2D eigenvalue weighted by Crippen LogP contribution is -2.65. The summed E-state index contributed by atoms with van der Waals surface area (Å²) in [4.78, 5) is 0. The molecule has 14 unspecified atom stereocenters. The summed E-state index contributed by atoms with van der Waals surface area (Å²) in [6.07, 6.45) is 74.1. The summed E-state index contributed by atoms with van der Waals surface area (Å²) in [5, 5.41) is 0. The van der Waals surface area contributed by atoms with Gasteiger partial charge < -0.3 is 37.2 Å². The van der Waals surface area contributed by atoms with Crippen molar-refractivity contribution in [3.63, 3.8) is 0 Å². The Morgan fingerprint density at radius 3 is 0.800 bits per heavy atom. The minimum atomic E-state index is -1.79. The predicted octanol–water partition coefficient (Wildman–Crippen LogP) is 38.6. The highest BCUT2D eigenvalue weighted by Crippen LogP contribution is 2.69. The fourth-order valence-corrected chi connectivity index (χ4v) is 61.5. The molecule has 828 valence electrons. The zero-order valence-corrected chi connectivity index (χ0v) is 106. The van der Waals surface area contributed by atoms with Crippen molar-refractivity contribution in [1.29, 1.82) is 0 Å². The van der Waals surface area contributed by atoms with Gasteiger partial charge in [0.2, 0.25) is 0 Å². The minimum absolute atomic E-state index is 0.0375. The molecule has 8 nitrogen and oxygen atoms in total. The normalized spacial score (nSPS) is 28.2. The van der Waals surface area contributed by atoms with E-state index in [1.54, 1.807) is 58.8 Å². The van der Waals surface area contributed by atoms with Crippen molar-refractivity contribution in [1.82, 2.24) is 18.3 Å². The number of ether oxygens (including phenoxy) is 4. The van der Waals surface area contributed by atoms with E-state index in [0.29, 0.717) is 47.3 Å². The summed E-state index contributed by atoms with van der Waals surface area (Å²) in [5.74, 6) is 11.1. The molecule has 0 heterocycles. The van der Waals surface area contributed by atoms with Crippen LogP contribution in [0.2, 0.25) is 74.5 Å². The number of unbranched alkanes of at least 4 members (excludes halogenated alkanes) is 4. The Morgan fingerprint density at radius 2 is 0.527 bits per heavy atom. The molecule has 0 spiro atoms. The predicted molar refractivity (Wildman–Crippen MR) is 656 cm³/mol. The molecular weight excluding hydrogens is 1890 g/mol. The van der Waals surface area contributed by atoms with E-state index in [2.05, 4.69) is 344 Å². The molecule has 0 bridgehead atoms. The van der Waals surface area contributed by atoms with Crippen molar-refractivity contribution in [2.24, 2.45) is 59.2 Å². The van der Waals surface area contributed by atoms with Gasteiger partial charge in [-0.2, -0.15) is 0 Å². The molecule has 16 aliphatic carbocycles. The van der Waals surface area contributed by atoms with Gasteiger partial charge in [-0.15, -0.1) is 0 Å². The summed E-state index contributed by atoms with van der Waals surface area (Å²) < 4.78 is 35.3. The van der Waals surface area contributed by atoms with Crippen molar-refractivity contribution in [3.05, 3.63) is 188 Å². The van der Waals surface area contributed by atoms with Crippen LogP contribution in [0.3, 0.4) is 0 Å². The van der Waals surface area contributed by atoms with E-state index >= 15 is 0 Å². The number of allylic oxidation sites excluding steroid dienone is 16. The summed E-state index contributed by atoms with van der Waals surface area (Å²) in [7, 11) is 0.295. The van der Waals surface area contributed by atoms with Gasteiger partial charge in [0, 0.05) is 68.0 Å². The topological polar surface area (TPSA) is 49.9 Å². The first-order valence-electron chi connectivity index (χ1n) is 62.6. The van der Waals surface area contributed by atoms with E-state index in [9.17, 15) is 0 Å². The van der Waals surface area contributed by atoms with E-state index in [-0.39, 0.29) is 43.8 Å². The highest BCUT2D eigenvalue weighted by Gasteiger charge is 2.63. The van der Waals surface area contributed by atoms with Gasteiger partial charge in [-0.3, -0.25) is 0 Å². The first-order valence-corrected chi connectivity index (χ1v) is 74.7. The van der Waals surface area contributed by atoms with Gasteiger partial charge in [0.05, 0.1) is 28.4 Å². The smallest absolute Gasteiger partial charge is 0.127 e. The average molecular weight is 2110 g/mol.